The van der Waals surface area contributed by atoms with Crippen LogP contribution in [0.4, 0.5) is 11.7 Å². The standard InChI is InChI=1S/C14H16ClN3O2/c1-3-6-16-12-5-4-10(15)7-11(12)13(19)18-14-17-9(2)8-20-14/h4-5,7-8,16H,3,6H2,1-2H3,(H,17,18,19). The number of amides is 1. The van der Waals surface area contributed by atoms with Crippen LogP contribution in [0.5, 0.6) is 0 Å². The average Bonchev–Trinajstić information content (AvgIpc) is 2.82. The summed E-state index contributed by atoms with van der Waals surface area (Å²) >= 11 is 5.96. The fourth-order valence-corrected chi connectivity index (χ4v) is 1.87. The lowest BCUT2D eigenvalue weighted by atomic mass is 10.1. The number of nitrogens with zero attached hydrogens (tertiary/aromatic N) is 1. The molecule has 1 heterocycles. The highest BCUT2D eigenvalue weighted by Crippen LogP contribution is 2.22. The second-order valence-corrected chi connectivity index (χ2v) is 4.80. The maximum atomic E-state index is 12.2. The first-order chi connectivity index (χ1) is 9.60. The lowest BCUT2D eigenvalue weighted by Gasteiger charge is -2.11. The van der Waals surface area contributed by atoms with E-state index in [-0.39, 0.29) is 11.9 Å². The Balaban J connectivity index is 2.21. The molecule has 0 bridgehead atoms. The third-order valence-electron chi connectivity index (χ3n) is 2.63. The Morgan fingerprint density at radius 3 is 2.90 bits per heavy atom. The number of carbonyl (C=O) groups is 1. The minimum absolute atomic E-state index is 0.175. The van der Waals surface area contributed by atoms with Gasteiger partial charge < -0.3 is 9.73 Å². The first-order valence-corrected chi connectivity index (χ1v) is 6.75. The molecule has 0 aliphatic rings. The predicted molar refractivity (Wildman–Crippen MR) is 79.4 cm³/mol. The molecule has 0 fully saturated rings. The van der Waals surface area contributed by atoms with E-state index >= 15 is 0 Å². The number of benzene rings is 1. The van der Waals surface area contributed by atoms with Crippen LogP contribution in [-0.4, -0.2) is 17.4 Å². The van der Waals surface area contributed by atoms with Crippen molar-refractivity contribution in [3.05, 3.63) is 40.7 Å². The Labute approximate surface area is 122 Å². The monoisotopic (exact) mass is 293 g/mol. The van der Waals surface area contributed by atoms with E-state index in [9.17, 15) is 4.79 Å². The van der Waals surface area contributed by atoms with Crippen LogP contribution in [0.25, 0.3) is 0 Å². The molecule has 1 amide bonds. The lowest BCUT2D eigenvalue weighted by Crippen LogP contribution is -2.15. The average molecular weight is 294 g/mol. The first kappa shape index (κ1) is 14.4. The van der Waals surface area contributed by atoms with Crippen molar-refractivity contribution in [2.75, 3.05) is 17.2 Å². The zero-order chi connectivity index (χ0) is 14.5. The number of rotatable bonds is 5. The van der Waals surface area contributed by atoms with E-state index in [1.165, 1.54) is 6.26 Å². The summed E-state index contributed by atoms with van der Waals surface area (Å²) in [5.74, 6) is -0.312. The molecule has 0 saturated carbocycles. The second kappa shape index (κ2) is 6.43. The predicted octanol–water partition coefficient (Wildman–Crippen LogP) is 3.71. The minimum Gasteiger partial charge on any atom is -0.432 e. The summed E-state index contributed by atoms with van der Waals surface area (Å²) < 4.78 is 5.11. The van der Waals surface area contributed by atoms with Crippen LogP contribution < -0.4 is 10.6 Å². The molecular weight excluding hydrogens is 278 g/mol. The van der Waals surface area contributed by atoms with Crippen LogP contribution in [0.3, 0.4) is 0 Å². The van der Waals surface area contributed by atoms with Gasteiger partial charge in [0.2, 0.25) is 0 Å². The molecule has 0 unspecified atom stereocenters. The third-order valence-corrected chi connectivity index (χ3v) is 2.87. The molecule has 5 nitrogen and oxygen atoms in total. The molecular formula is C14H16ClN3O2. The first-order valence-electron chi connectivity index (χ1n) is 6.37. The Hall–Kier alpha value is -2.01. The van der Waals surface area contributed by atoms with Gasteiger partial charge in [0.05, 0.1) is 11.3 Å². The molecule has 2 N–H and O–H groups in total. The number of anilines is 2. The number of aryl methyl sites for hydroxylation is 1. The van der Waals surface area contributed by atoms with Gasteiger partial charge in [0, 0.05) is 17.3 Å². The summed E-state index contributed by atoms with van der Waals surface area (Å²) in [4.78, 5) is 16.3. The molecule has 20 heavy (non-hydrogen) atoms. The Bertz CT molecular complexity index is 610. The molecule has 0 saturated heterocycles. The summed E-state index contributed by atoms with van der Waals surface area (Å²) in [7, 11) is 0. The SMILES string of the molecule is CCCNc1ccc(Cl)cc1C(=O)Nc1nc(C)co1. The molecule has 2 aromatic rings. The van der Waals surface area contributed by atoms with E-state index in [1.54, 1.807) is 25.1 Å². The van der Waals surface area contributed by atoms with E-state index in [2.05, 4.69) is 22.5 Å². The molecule has 106 valence electrons. The summed E-state index contributed by atoms with van der Waals surface area (Å²) in [5.41, 5.74) is 1.90. The lowest BCUT2D eigenvalue weighted by molar-refractivity contribution is 0.102. The normalized spacial score (nSPS) is 10.3. The van der Waals surface area contributed by atoms with Gasteiger partial charge >= 0.3 is 6.01 Å². The van der Waals surface area contributed by atoms with Crippen LogP contribution in [0.1, 0.15) is 29.4 Å². The van der Waals surface area contributed by atoms with Crippen LogP contribution in [0.15, 0.2) is 28.9 Å². The Morgan fingerprint density at radius 1 is 1.45 bits per heavy atom. The van der Waals surface area contributed by atoms with E-state index in [0.29, 0.717) is 16.3 Å². The van der Waals surface area contributed by atoms with Crippen molar-refractivity contribution < 1.29 is 9.21 Å². The number of hydrogen-bond acceptors (Lipinski definition) is 4. The van der Waals surface area contributed by atoms with Crippen molar-refractivity contribution in [2.24, 2.45) is 0 Å². The van der Waals surface area contributed by atoms with Gasteiger partial charge in [0.15, 0.2) is 0 Å². The van der Waals surface area contributed by atoms with Crippen molar-refractivity contribution in [1.29, 1.82) is 0 Å². The Morgan fingerprint density at radius 2 is 2.25 bits per heavy atom. The molecule has 0 aliphatic heterocycles. The third kappa shape index (κ3) is 3.51. The highest BCUT2D eigenvalue weighted by atomic mass is 35.5. The Kier molecular flexibility index (Phi) is 4.63. The molecule has 2 rings (SSSR count). The molecule has 0 radical (unpaired) electrons. The molecule has 0 spiro atoms. The van der Waals surface area contributed by atoms with Crippen LogP contribution >= 0.6 is 11.6 Å². The number of nitrogens with one attached hydrogen (secondary N) is 2. The van der Waals surface area contributed by atoms with Gasteiger partial charge in [-0.2, -0.15) is 4.98 Å². The number of carbonyl (C=O) groups excluding carboxylic acids is 1. The quantitative estimate of drug-likeness (QED) is 0.882. The number of oxazole rings is 1. The zero-order valence-electron chi connectivity index (χ0n) is 11.4. The smallest absolute Gasteiger partial charge is 0.301 e. The van der Waals surface area contributed by atoms with E-state index in [4.69, 9.17) is 16.0 Å². The highest BCUT2D eigenvalue weighted by Gasteiger charge is 2.14. The van der Waals surface area contributed by atoms with Crippen molar-refractivity contribution in [1.82, 2.24) is 4.98 Å². The van der Waals surface area contributed by atoms with Gasteiger partial charge in [-0.3, -0.25) is 10.1 Å². The fraction of sp³-hybridized carbons (Fsp3) is 0.286. The summed E-state index contributed by atoms with van der Waals surface area (Å²) in [5, 5.41) is 6.30. The zero-order valence-corrected chi connectivity index (χ0v) is 12.1. The van der Waals surface area contributed by atoms with Gasteiger partial charge in [-0.25, -0.2) is 0 Å². The van der Waals surface area contributed by atoms with Crippen molar-refractivity contribution >= 4 is 29.2 Å². The summed E-state index contributed by atoms with van der Waals surface area (Å²) in [6.45, 7) is 4.62. The van der Waals surface area contributed by atoms with E-state index in [0.717, 1.165) is 18.7 Å². The van der Waals surface area contributed by atoms with Gasteiger partial charge in [-0.1, -0.05) is 18.5 Å². The van der Waals surface area contributed by atoms with Crippen LogP contribution in [-0.2, 0) is 0 Å². The topological polar surface area (TPSA) is 67.2 Å². The molecule has 6 heteroatoms. The highest BCUT2D eigenvalue weighted by molar-refractivity contribution is 6.31. The maximum absolute atomic E-state index is 12.2. The molecule has 0 aliphatic carbocycles. The number of hydrogen-bond donors (Lipinski definition) is 2. The van der Waals surface area contributed by atoms with Crippen molar-refractivity contribution in [3.8, 4) is 0 Å². The van der Waals surface area contributed by atoms with Crippen LogP contribution in [0.2, 0.25) is 5.02 Å². The molecule has 0 atom stereocenters. The van der Waals surface area contributed by atoms with Crippen LogP contribution in [0, 0.1) is 6.92 Å². The summed E-state index contributed by atoms with van der Waals surface area (Å²) in [6.07, 6.45) is 2.44. The maximum Gasteiger partial charge on any atom is 0.301 e. The second-order valence-electron chi connectivity index (χ2n) is 4.36. The van der Waals surface area contributed by atoms with Gasteiger partial charge in [-0.15, -0.1) is 0 Å². The molecule has 1 aromatic heterocycles. The molecule has 1 aromatic carbocycles. The fourth-order valence-electron chi connectivity index (χ4n) is 1.69. The van der Waals surface area contributed by atoms with Crippen molar-refractivity contribution in [3.63, 3.8) is 0 Å². The van der Waals surface area contributed by atoms with E-state index in [1.807, 2.05) is 0 Å². The number of aromatic nitrogens is 1. The summed E-state index contributed by atoms with van der Waals surface area (Å²) in [6, 6.07) is 5.32. The van der Waals surface area contributed by atoms with Gasteiger partial charge in [0.25, 0.3) is 5.91 Å². The largest absolute Gasteiger partial charge is 0.432 e. The number of halogens is 1. The van der Waals surface area contributed by atoms with Gasteiger partial charge in [0.1, 0.15) is 6.26 Å². The minimum atomic E-state index is -0.312. The van der Waals surface area contributed by atoms with E-state index < -0.39 is 0 Å². The van der Waals surface area contributed by atoms with Crippen molar-refractivity contribution in [2.45, 2.75) is 20.3 Å². The van der Waals surface area contributed by atoms with Gasteiger partial charge in [-0.05, 0) is 31.5 Å².